The molecular formula is C7H12N2S. The van der Waals surface area contributed by atoms with Crippen LogP contribution >= 0.6 is 12.2 Å². The average Bonchev–Trinajstić information content (AvgIpc) is 1.76. The fourth-order valence-corrected chi connectivity index (χ4v) is 1.21. The summed E-state index contributed by atoms with van der Waals surface area (Å²) < 4.78 is 0. The van der Waals surface area contributed by atoms with E-state index in [1.54, 1.807) is 0 Å². The second-order valence-electron chi connectivity index (χ2n) is 2.92. The quantitative estimate of drug-likeness (QED) is 0.441. The van der Waals surface area contributed by atoms with Gasteiger partial charge in [0.1, 0.15) is 0 Å². The van der Waals surface area contributed by atoms with Crippen molar-refractivity contribution in [1.82, 2.24) is 4.90 Å². The average molecular weight is 156 g/mol. The zero-order chi connectivity index (χ0) is 7.56. The molecule has 56 valence electrons. The minimum atomic E-state index is 0.430. The van der Waals surface area contributed by atoms with E-state index in [9.17, 15) is 0 Å². The molecule has 1 heterocycles. The highest BCUT2D eigenvalue weighted by Crippen LogP contribution is 2.13. The highest BCUT2D eigenvalue weighted by Gasteiger charge is 2.27. The van der Waals surface area contributed by atoms with Gasteiger partial charge in [-0.25, -0.2) is 4.99 Å². The fourth-order valence-electron chi connectivity index (χ4n) is 1.07. The Bertz CT molecular complexity index is 155. The Morgan fingerprint density at radius 3 is 2.60 bits per heavy atom. The van der Waals surface area contributed by atoms with Crippen molar-refractivity contribution in [2.24, 2.45) is 4.99 Å². The van der Waals surface area contributed by atoms with Crippen LogP contribution in [-0.4, -0.2) is 35.2 Å². The summed E-state index contributed by atoms with van der Waals surface area (Å²) in [6.45, 7) is 6.50. The Morgan fingerprint density at radius 2 is 2.20 bits per heavy atom. The molecule has 3 heteroatoms. The highest BCUT2D eigenvalue weighted by atomic mass is 32.1. The normalized spacial score (nSPS) is 20.3. The van der Waals surface area contributed by atoms with Crippen LogP contribution in [0, 0.1) is 0 Å². The predicted octanol–water partition coefficient (Wildman–Crippen LogP) is 1.18. The molecule has 0 saturated carbocycles. The summed E-state index contributed by atoms with van der Waals surface area (Å²) in [4.78, 5) is 6.35. The molecule has 0 bridgehead atoms. The number of isothiocyanates is 1. The first kappa shape index (κ1) is 7.86. The topological polar surface area (TPSA) is 15.6 Å². The van der Waals surface area contributed by atoms with Gasteiger partial charge in [0.05, 0.1) is 11.2 Å². The SMILES string of the molecule is CC(C)N1CC(N=C=S)C1. The summed E-state index contributed by atoms with van der Waals surface area (Å²) in [5.41, 5.74) is 0. The third-order valence-corrected chi connectivity index (χ3v) is 1.96. The van der Waals surface area contributed by atoms with Gasteiger partial charge in [-0.1, -0.05) is 0 Å². The van der Waals surface area contributed by atoms with Gasteiger partial charge in [-0.3, -0.25) is 4.90 Å². The molecule has 0 aromatic heterocycles. The van der Waals surface area contributed by atoms with Crippen LogP contribution in [0.4, 0.5) is 0 Å². The van der Waals surface area contributed by atoms with E-state index in [-0.39, 0.29) is 0 Å². The van der Waals surface area contributed by atoms with Crippen molar-refractivity contribution in [3.63, 3.8) is 0 Å². The van der Waals surface area contributed by atoms with E-state index in [0.29, 0.717) is 12.1 Å². The predicted molar refractivity (Wildman–Crippen MR) is 45.5 cm³/mol. The third kappa shape index (κ3) is 1.63. The van der Waals surface area contributed by atoms with Crippen molar-refractivity contribution in [3.05, 3.63) is 0 Å². The summed E-state index contributed by atoms with van der Waals surface area (Å²) in [6.07, 6.45) is 0. The fraction of sp³-hybridized carbons (Fsp3) is 0.857. The number of hydrogen-bond donors (Lipinski definition) is 0. The molecule has 1 fully saturated rings. The molecule has 1 aliphatic heterocycles. The zero-order valence-corrected chi connectivity index (χ0v) is 7.19. The van der Waals surface area contributed by atoms with Gasteiger partial charge in [0.25, 0.3) is 0 Å². The lowest BCUT2D eigenvalue weighted by atomic mass is 10.1. The number of thiocarbonyl (C=S) groups is 1. The van der Waals surface area contributed by atoms with Gasteiger partial charge >= 0.3 is 0 Å². The molecular weight excluding hydrogens is 144 g/mol. The number of likely N-dealkylation sites (tertiary alicyclic amines) is 1. The van der Waals surface area contributed by atoms with Gasteiger partial charge in [0, 0.05) is 19.1 Å². The van der Waals surface area contributed by atoms with Crippen molar-refractivity contribution in [2.45, 2.75) is 25.9 Å². The van der Waals surface area contributed by atoms with Crippen molar-refractivity contribution in [2.75, 3.05) is 13.1 Å². The smallest absolute Gasteiger partial charge is 0.0856 e. The maximum Gasteiger partial charge on any atom is 0.0856 e. The van der Waals surface area contributed by atoms with Crippen molar-refractivity contribution in [3.8, 4) is 0 Å². The summed E-state index contributed by atoms with van der Waals surface area (Å²) in [5, 5.41) is 2.41. The second kappa shape index (κ2) is 3.24. The minimum absolute atomic E-state index is 0.430. The molecule has 0 N–H and O–H groups in total. The number of rotatable bonds is 2. The Morgan fingerprint density at radius 1 is 1.60 bits per heavy atom. The Labute approximate surface area is 66.9 Å². The molecule has 1 saturated heterocycles. The van der Waals surface area contributed by atoms with Crippen LogP contribution in [0.1, 0.15) is 13.8 Å². The van der Waals surface area contributed by atoms with Crippen LogP contribution in [0.15, 0.2) is 4.99 Å². The summed E-state index contributed by atoms with van der Waals surface area (Å²) in [6, 6.07) is 1.08. The van der Waals surface area contributed by atoms with Crippen LogP contribution in [-0.2, 0) is 0 Å². The van der Waals surface area contributed by atoms with Gasteiger partial charge in [0.15, 0.2) is 0 Å². The van der Waals surface area contributed by atoms with Crippen LogP contribution < -0.4 is 0 Å². The summed E-state index contributed by atoms with van der Waals surface area (Å²) in [5.74, 6) is 0. The van der Waals surface area contributed by atoms with Gasteiger partial charge in [-0.05, 0) is 26.1 Å². The van der Waals surface area contributed by atoms with E-state index in [4.69, 9.17) is 0 Å². The van der Waals surface area contributed by atoms with Crippen molar-refractivity contribution in [1.29, 1.82) is 0 Å². The molecule has 1 aliphatic rings. The van der Waals surface area contributed by atoms with Gasteiger partial charge in [-0.2, -0.15) is 0 Å². The largest absolute Gasteiger partial charge is 0.297 e. The maximum atomic E-state index is 4.50. The first-order valence-electron chi connectivity index (χ1n) is 3.55. The molecule has 0 aromatic carbocycles. The first-order chi connectivity index (χ1) is 4.74. The third-order valence-electron chi connectivity index (χ3n) is 1.86. The Hall–Kier alpha value is -0.240. The van der Waals surface area contributed by atoms with Crippen molar-refractivity contribution >= 4 is 17.4 Å². The number of aliphatic imine (C=N–C) groups is 1. The first-order valence-corrected chi connectivity index (χ1v) is 3.96. The van der Waals surface area contributed by atoms with E-state index < -0.39 is 0 Å². The molecule has 0 atom stereocenters. The monoisotopic (exact) mass is 156 g/mol. The minimum Gasteiger partial charge on any atom is -0.297 e. The molecule has 0 radical (unpaired) electrons. The molecule has 0 spiro atoms. The lowest BCUT2D eigenvalue weighted by Gasteiger charge is -2.39. The van der Waals surface area contributed by atoms with E-state index in [0.717, 1.165) is 13.1 Å². The van der Waals surface area contributed by atoms with Gasteiger partial charge in [-0.15, -0.1) is 0 Å². The molecule has 0 unspecified atom stereocenters. The standard InChI is InChI=1S/C7H12N2S/c1-6(2)9-3-7(4-9)8-5-10/h6-7H,3-4H2,1-2H3. The van der Waals surface area contributed by atoms with Crippen LogP contribution in [0.25, 0.3) is 0 Å². The Balaban J connectivity index is 2.24. The van der Waals surface area contributed by atoms with Gasteiger partial charge < -0.3 is 0 Å². The molecule has 2 nitrogen and oxygen atoms in total. The van der Waals surface area contributed by atoms with E-state index >= 15 is 0 Å². The van der Waals surface area contributed by atoms with E-state index in [1.165, 1.54) is 0 Å². The number of nitrogens with zero attached hydrogens (tertiary/aromatic N) is 2. The molecule has 0 amide bonds. The second-order valence-corrected chi connectivity index (χ2v) is 3.10. The molecule has 0 aromatic rings. The van der Waals surface area contributed by atoms with Crippen molar-refractivity contribution < 1.29 is 0 Å². The van der Waals surface area contributed by atoms with Crippen LogP contribution in [0.5, 0.6) is 0 Å². The van der Waals surface area contributed by atoms with Crippen LogP contribution in [0.2, 0.25) is 0 Å². The summed E-state index contributed by atoms with van der Waals surface area (Å²) in [7, 11) is 0. The maximum absolute atomic E-state index is 4.50. The number of hydrogen-bond acceptors (Lipinski definition) is 3. The highest BCUT2D eigenvalue weighted by molar-refractivity contribution is 7.78. The zero-order valence-electron chi connectivity index (χ0n) is 6.37. The lowest BCUT2D eigenvalue weighted by Crippen LogP contribution is -2.52. The van der Waals surface area contributed by atoms with Gasteiger partial charge in [0.2, 0.25) is 0 Å². The molecule has 1 rings (SSSR count). The summed E-state index contributed by atoms with van der Waals surface area (Å²) >= 11 is 4.50. The van der Waals surface area contributed by atoms with Crippen LogP contribution in [0.3, 0.4) is 0 Å². The lowest BCUT2D eigenvalue weighted by molar-refractivity contribution is 0.114. The molecule has 10 heavy (non-hydrogen) atoms. The van der Waals surface area contributed by atoms with E-state index in [1.807, 2.05) is 0 Å². The molecule has 0 aliphatic carbocycles. The Kier molecular flexibility index (Phi) is 2.55. The van der Waals surface area contributed by atoms with E-state index in [2.05, 4.69) is 41.1 Å².